The van der Waals surface area contributed by atoms with E-state index in [4.69, 9.17) is 10.1 Å². The monoisotopic (exact) mass is 436 g/mol. The van der Waals surface area contributed by atoms with E-state index in [0.29, 0.717) is 11.1 Å². The van der Waals surface area contributed by atoms with Crippen LogP contribution in [0.1, 0.15) is 41.8 Å². The van der Waals surface area contributed by atoms with Gasteiger partial charge in [0.05, 0.1) is 5.04 Å². The van der Waals surface area contributed by atoms with Crippen LogP contribution in [-0.2, 0) is 6.42 Å². The average molecular weight is 437 g/mol. The number of benzene rings is 2. The van der Waals surface area contributed by atoms with Crippen LogP contribution in [0, 0.1) is 6.92 Å². The highest BCUT2D eigenvalue weighted by atomic mass is 32.2. The van der Waals surface area contributed by atoms with Gasteiger partial charge in [0.25, 0.3) is 0 Å². The van der Waals surface area contributed by atoms with Gasteiger partial charge < -0.3 is 5.32 Å². The first-order valence-corrected chi connectivity index (χ1v) is 11.7. The largest absolute Gasteiger partial charge is 0.324 e. The predicted molar refractivity (Wildman–Crippen MR) is 128 cm³/mol. The summed E-state index contributed by atoms with van der Waals surface area (Å²) in [5, 5.41) is 21.4. The molecular formula is C22H24N6S2. The van der Waals surface area contributed by atoms with Crippen LogP contribution in [0.5, 0.6) is 0 Å². The number of aromatic nitrogens is 2. The molecule has 1 aromatic heterocycles. The number of aliphatic imine (C=N–C) groups is 1. The Morgan fingerprint density at radius 2 is 1.80 bits per heavy atom. The summed E-state index contributed by atoms with van der Waals surface area (Å²) in [6, 6.07) is 18.6. The fourth-order valence-corrected chi connectivity index (χ4v) is 4.69. The van der Waals surface area contributed by atoms with Crippen molar-refractivity contribution in [3.05, 3.63) is 70.7 Å². The van der Waals surface area contributed by atoms with Gasteiger partial charge >= 0.3 is 0 Å². The Bertz CT molecular complexity index is 1040. The van der Waals surface area contributed by atoms with Crippen molar-refractivity contribution in [3.8, 4) is 0 Å². The minimum atomic E-state index is 0.00841. The van der Waals surface area contributed by atoms with E-state index in [1.54, 1.807) is 11.8 Å². The number of hydrogen-bond donors (Lipinski definition) is 1. The Kier molecular flexibility index (Phi) is 6.44. The second-order valence-corrected chi connectivity index (χ2v) is 9.03. The minimum Gasteiger partial charge on any atom is -0.324 e. The zero-order chi connectivity index (χ0) is 20.9. The summed E-state index contributed by atoms with van der Waals surface area (Å²) >= 11 is 3.26. The zero-order valence-corrected chi connectivity index (χ0v) is 18.9. The lowest BCUT2D eigenvalue weighted by Crippen LogP contribution is -2.32. The van der Waals surface area contributed by atoms with E-state index in [-0.39, 0.29) is 5.37 Å². The molecule has 30 heavy (non-hydrogen) atoms. The highest BCUT2D eigenvalue weighted by Crippen LogP contribution is 2.41. The number of aryl methyl sites for hydroxylation is 2. The van der Waals surface area contributed by atoms with Crippen LogP contribution in [0.25, 0.3) is 0 Å². The lowest BCUT2D eigenvalue weighted by Gasteiger charge is -2.24. The normalized spacial score (nSPS) is 16.6. The molecule has 2 heterocycles. The molecule has 1 unspecified atom stereocenters. The molecule has 0 saturated heterocycles. The Morgan fingerprint density at radius 3 is 2.47 bits per heavy atom. The lowest BCUT2D eigenvalue weighted by atomic mass is 10.1. The molecule has 3 aromatic rings. The maximum Gasteiger partial charge on any atom is 0.234 e. The van der Waals surface area contributed by atoms with E-state index in [1.165, 1.54) is 22.5 Å². The summed E-state index contributed by atoms with van der Waals surface area (Å²) < 4.78 is 0. The van der Waals surface area contributed by atoms with E-state index in [0.717, 1.165) is 28.6 Å². The van der Waals surface area contributed by atoms with Crippen molar-refractivity contribution in [3.63, 3.8) is 0 Å². The molecule has 0 aliphatic carbocycles. The number of guanidine groups is 1. The molecule has 154 valence electrons. The maximum absolute atomic E-state index is 4.88. The second kappa shape index (κ2) is 9.40. The highest BCUT2D eigenvalue weighted by molar-refractivity contribution is 8.14. The van der Waals surface area contributed by atoms with Gasteiger partial charge in [-0.05, 0) is 37.5 Å². The molecule has 1 N–H and O–H groups in total. The molecule has 0 radical (unpaired) electrons. The number of hydrazone groups is 1. The van der Waals surface area contributed by atoms with Crippen molar-refractivity contribution in [1.29, 1.82) is 0 Å². The average Bonchev–Trinajstić information content (AvgIpc) is 3.41. The molecular weight excluding hydrogens is 412 g/mol. The Hall–Kier alpha value is -2.71. The number of nitrogens with zero attached hydrogens (tertiary/aromatic N) is 5. The second-order valence-electron chi connectivity index (χ2n) is 6.83. The molecule has 1 aliphatic rings. The summed E-state index contributed by atoms with van der Waals surface area (Å²) in [6.45, 7) is 6.29. The summed E-state index contributed by atoms with van der Waals surface area (Å²) in [7, 11) is 0. The predicted octanol–water partition coefficient (Wildman–Crippen LogP) is 5.98. The molecule has 0 saturated carbocycles. The van der Waals surface area contributed by atoms with Gasteiger partial charge in [-0.15, -0.1) is 10.2 Å². The summed E-state index contributed by atoms with van der Waals surface area (Å²) in [4.78, 5) is 4.82. The highest BCUT2D eigenvalue weighted by Gasteiger charge is 2.32. The minimum absolute atomic E-state index is 0.00841. The van der Waals surface area contributed by atoms with E-state index in [2.05, 4.69) is 60.6 Å². The smallest absolute Gasteiger partial charge is 0.234 e. The van der Waals surface area contributed by atoms with Gasteiger partial charge in [0, 0.05) is 5.69 Å². The van der Waals surface area contributed by atoms with Crippen LogP contribution < -0.4 is 5.32 Å². The molecule has 1 aliphatic heterocycles. The Balaban J connectivity index is 1.74. The third-order valence-corrected chi connectivity index (χ3v) is 6.86. The van der Waals surface area contributed by atoms with Crippen molar-refractivity contribution in [2.24, 2.45) is 10.1 Å². The van der Waals surface area contributed by atoms with Gasteiger partial charge in [-0.3, -0.25) is 0 Å². The third-order valence-electron chi connectivity index (χ3n) is 4.56. The number of para-hydroxylation sites is 1. The Labute approximate surface area is 185 Å². The lowest BCUT2D eigenvalue weighted by molar-refractivity contribution is 0.437. The standard InChI is InChI=1S/C22H24N6S2/c1-4-18-25-26-22(30-18)24-21(23-17-9-7-6-8-10-17)28-20(29-19(5-2)27-28)16-13-11-15(3)12-14-16/h6-14,20H,4-5H2,1-3H3,(H,23,24,26). The number of nitrogens with one attached hydrogen (secondary N) is 1. The van der Waals surface area contributed by atoms with Gasteiger partial charge in [0.15, 0.2) is 0 Å². The SMILES string of the molecule is CCC1=NN(/C(=N/c2nnc(CC)s2)Nc2ccccc2)C(c2ccc(C)cc2)S1. The topological polar surface area (TPSA) is 65.8 Å². The Morgan fingerprint density at radius 1 is 1.03 bits per heavy atom. The molecule has 8 heteroatoms. The first kappa shape index (κ1) is 20.6. The summed E-state index contributed by atoms with van der Waals surface area (Å²) in [6.07, 6.45) is 1.72. The van der Waals surface area contributed by atoms with Gasteiger partial charge in [0.2, 0.25) is 11.1 Å². The summed E-state index contributed by atoms with van der Waals surface area (Å²) in [5.74, 6) is 0.640. The van der Waals surface area contributed by atoms with Gasteiger partial charge in [-0.25, -0.2) is 5.01 Å². The molecule has 2 aromatic carbocycles. The zero-order valence-electron chi connectivity index (χ0n) is 17.2. The summed E-state index contributed by atoms with van der Waals surface area (Å²) in [5.41, 5.74) is 3.37. The van der Waals surface area contributed by atoms with Gasteiger partial charge in [-0.2, -0.15) is 10.1 Å². The molecule has 4 rings (SSSR count). The maximum atomic E-state index is 4.88. The van der Waals surface area contributed by atoms with Crippen molar-refractivity contribution in [1.82, 2.24) is 15.2 Å². The van der Waals surface area contributed by atoms with E-state index in [1.807, 2.05) is 35.3 Å². The van der Waals surface area contributed by atoms with Gasteiger partial charge in [-0.1, -0.05) is 85.0 Å². The van der Waals surface area contributed by atoms with Crippen LogP contribution in [0.2, 0.25) is 0 Å². The van der Waals surface area contributed by atoms with Crippen LogP contribution >= 0.6 is 23.1 Å². The van der Waals surface area contributed by atoms with Crippen molar-refractivity contribution in [2.45, 2.75) is 39.0 Å². The molecule has 0 spiro atoms. The molecule has 0 bridgehead atoms. The molecule has 1 atom stereocenters. The van der Waals surface area contributed by atoms with E-state index in [9.17, 15) is 0 Å². The van der Waals surface area contributed by atoms with Crippen molar-refractivity contribution >= 4 is 44.9 Å². The van der Waals surface area contributed by atoms with Crippen molar-refractivity contribution in [2.75, 3.05) is 5.32 Å². The molecule has 6 nitrogen and oxygen atoms in total. The quantitative estimate of drug-likeness (QED) is 0.394. The van der Waals surface area contributed by atoms with Gasteiger partial charge in [0.1, 0.15) is 10.4 Å². The first-order chi connectivity index (χ1) is 14.7. The first-order valence-electron chi connectivity index (χ1n) is 9.99. The fourth-order valence-electron chi connectivity index (χ4n) is 2.94. The van der Waals surface area contributed by atoms with Crippen LogP contribution in [-0.4, -0.2) is 26.2 Å². The van der Waals surface area contributed by atoms with Crippen LogP contribution in [0.15, 0.2) is 64.7 Å². The third kappa shape index (κ3) is 4.71. The van der Waals surface area contributed by atoms with E-state index >= 15 is 0 Å². The van der Waals surface area contributed by atoms with E-state index < -0.39 is 0 Å². The fraction of sp³-hybridized carbons (Fsp3) is 0.273. The number of hydrogen-bond acceptors (Lipinski definition) is 6. The van der Waals surface area contributed by atoms with Crippen LogP contribution in [0.4, 0.5) is 10.8 Å². The number of anilines is 1. The number of thioether (sulfide) groups is 1. The molecule has 0 amide bonds. The van der Waals surface area contributed by atoms with Crippen molar-refractivity contribution < 1.29 is 0 Å². The molecule has 0 fully saturated rings. The number of rotatable bonds is 5. The van der Waals surface area contributed by atoms with Crippen LogP contribution in [0.3, 0.4) is 0 Å².